The lowest BCUT2D eigenvalue weighted by atomic mass is 9.93. The van der Waals surface area contributed by atoms with Crippen LogP contribution in [0.5, 0.6) is 0 Å². The van der Waals surface area contributed by atoms with E-state index in [0.29, 0.717) is 0 Å². The van der Waals surface area contributed by atoms with Crippen LogP contribution < -0.4 is 0 Å². The van der Waals surface area contributed by atoms with E-state index in [4.69, 9.17) is 0 Å². The highest BCUT2D eigenvalue weighted by molar-refractivity contribution is 6.12. The summed E-state index contributed by atoms with van der Waals surface area (Å²) in [5.41, 5.74) is 7.59. The average Bonchev–Trinajstić information content (AvgIpc) is 3.15. The van der Waals surface area contributed by atoms with Crippen molar-refractivity contribution in [3.8, 4) is 22.3 Å². The summed E-state index contributed by atoms with van der Waals surface area (Å²) in [7, 11) is 0. The lowest BCUT2D eigenvalue weighted by molar-refractivity contribution is 1.50. The van der Waals surface area contributed by atoms with E-state index in [-0.39, 0.29) is 0 Å². The fraction of sp³-hybridized carbons (Fsp3) is 0.125. The molecule has 0 saturated heterocycles. The maximum atomic E-state index is 2.34. The number of aryl methyl sites for hydroxylation is 2. The van der Waals surface area contributed by atoms with Gasteiger partial charge in [-0.1, -0.05) is 160 Å². The van der Waals surface area contributed by atoms with Crippen LogP contribution >= 0.6 is 0 Å². The van der Waals surface area contributed by atoms with Gasteiger partial charge in [0.1, 0.15) is 0 Å². The second kappa shape index (κ2) is 13.0. The van der Waals surface area contributed by atoms with Crippen molar-refractivity contribution in [2.45, 2.75) is 41.5 Å². The third-order valence-electron chi connectivity index (χ3n) is 9.48. The van der Waals surface area contributed by atoms with Gasteiger partial charge in [0, 0.05) is 0 Å². The molecule has 0 aliphatic carbocycles. The average molecular weight is 619 g/mol. The van der Waals surface area contributed by atoms with Gasteiger partial charge in [0.2, 0.25) is 0 Å². The van der Waals surface area contributed by atoms with E-state index in [9.17, 15) is 0 Å². The zero-order valence-electron chi connectivity index (χ0n) is 28.9. The third-order valence-corrected chi connectivity index (χ3v) is 9.48. The van der Waals surface area contributed by atoms with Crippen LogP contribution in [0.4, 0.5) is 0 Å². The standard InChI is InChI=1S/C44H30.2C2H6/c1-27-3-15-39-33(21-27)5-7-35-23-29(11-17-41(35)39)31-13-19-43-37(25-31)9-10-38-26-32(14-20-44(38)43)30-12-18-42-36(24-30)8-6-34-22-28(2)4-16-40(34)42;2*1-2/h3-26H,1-2H3;2*1-2H3. The molecule has 0 atom stereocenters. The first-order chi connectivity index (χ1) is 23.6. The molecular formula is C48H42. The second-order valence-electron chi connectivity index (χ2n) is 12.4. The SMILES string of the molecule is CC.CC.Cc1ccc2c(ccc3cc(-c4ccc5c(ccc6cc(-c7ccc8c(ccc9cc(C)ccc98)c7)ccc65)c4)ccc32)c1. The summed E-state index contributed by atoms with van der Waals surface area (Å²) in [5.74, 6) is 0. The topological polar surface area (TPSA) is 0 Å². The smallest absolute Gasteiger partial charge is 0.0105 e. The number of rotatable bonds is 2. The molecule has 0 aliphatic rings. The predicted octanol–water partition coefficient (Wildman–Crippen LogP) is 14.6. The van der Waals surface area contributed by atoms with Crippen molar-refractivity contribution < 1.29 is 0 Å². The fourth-order valence-electron chi connectivity index (χ4n) is 7.17. The molecule has 0 nitrogen and oxygen atoms in total. The van der Waals surface area contributed by atoms with Crippen molar-refractivity contribution in [1.82, 2.24) is 0 Å². The summed E-state index contributed by atoms with van der Waals surface area (Å²) in [4.78, 5) is 0. The van der Waals surface area contributed by atoms with Crippen molar-refractivity contribution in [3.63, 3.8) is 0 Å². The zero-order valence-corrected chi connectivity index (χ0v) is 28.9. The highest BCUT2D eigenvalue weighted by Crippen LogP contribution is 2.36. The molecule has 0 aliphatic heterocycles. The third kappa shape index (κ3) is 5.48. The molecule has 0 spiro atoms. The summed E-state index contributed by atoms with van der Waals surface area (Å²) in [6.45, 7) is 12.3. The molecule has 48 heavy (non-hydrogen) atoms. The van der Waals surface area contributed by atoms with Crippen molar-refractivity contribution in [3.05, 3.63) is 157 Å². The molecule has 9 aromatic carbocycles. The van der Waals surface area contributed by atoms with Gasteiger partial charge < -0.3 is 0 Å². The number of benzene rings is 9. The maximum Gasteiger partial charge on any atom is -0.0105 e. The second-order valence-corrected chi connectivity index (χ2v) is 12.4. The van der Waals surface area contributed by atoms with Gasteiger partial charge in [-0.05, 0) is 125 Å². The molecule has 0 bridgehead atoms. The van der Waals surface area contributed by atoms with Gasteiger partial charge in [-0.25, -0.2) is 0 Å². The Kier molecular flexibility index (Phi) is 8.42. The molecular weight excluding hydrogens is 577 g/mol. The van der Waals surface area contributed by atoms with E-state index in [1.165, 1.54) is 98.0 Å². The van der Waals surface area contributed by atoms with E-state index in [1.54, 1.807) is 0 Å². The first-order valence-corrected chi connectivity index (χ1v) is 17.4. The summed E-state index contributed by atoms with van der Waals surface area (Å²) >= 11 is 0. The summed E-state index contributed by atoms with van der Waals surface area (Å²) in [6, 6.07) is 54.6. The number of hydrogen-bond donors (Lipinski definition) is 0. The van der Waals surface area contributed by atoms with E-state index in [1.807, 2.05) is 27.7 Å². The first-order valence-electron chi connectivity index (χ1n) is 17.4. The van der Waals surface area contributed by atoms with Crippen LogP contribution in [0, 0.1) is 13.8 Å². The van der Waals surface area contributed by atoms with E-state index in [0.717, 1.165) is 0 Å². The Labute approximate surface area is 284 Å². The largest absolute Gasteiger partial charge is 0.0683 e. The van der Waals surface area contributed by atoms with Crippen molar-refractivity contribution in [2.24, 2.45) is 0 Å². The van der Waals surface area contributed by atoms with E-state index in [2.05, 4.69) is 159 Å². The van der Waals surface area contributed by atoms with E-state index < -0.39 is 0 Å². The van der Waals surface area contributed by atoms with Crippen LogP contribution in [0.25, 0.3) is 86.9 Å². The lowest BCUT2D eigenvalue weighted by Crippen LogP contribution is -1.85. The minimum atomic E-state index is 1.25. The van der Waals surface area contributed by atoms with Crippen LogP contribution in [0.15, 0.2) is 146 Å². The Bertz CT molecular complexity index is 2440. The molecule has 0 unspecified atom stereocenters. The lowest BCUT2D eigenvalue weighted by Gasteiger charge is -2.11. The molecule has 0 N–H and O–H groups in total. The Morgan fingerprint density at radius 2 is 0.438 bits per heavy atom. The van der Waals surface area contributed by atoms with Gasteiger partial charge in [-0.15, -0.1) is 0 Å². The van der Waals surface area contributed by atoms with Gasteiger partial charge >= 0.3 is 0 Å². The Morgan fingerprint density at radius 3 is 0.688 bits per heavy atom. The monoisotopic (exact) mass is 618 g/mol. The normalized spacial score (nSPS) is 11.1. The number of fused-ring (bicyclic) bond motifs is 9. The minimum Gasteiger partial charge on any atom is -0.0683 e. The minimum absolute atomic E-state index is 1.25. The van der Waals surface area contributed by atoms with Crippen LogP contribution in [0.3, 0.4) is 0 Å². The van der Waals surface area contributed by atoms with Crippen molar-refractivity contribution in [2.75, 3.05) is 0 Å². The fourth-order valence-corrected chi connectivity index (χ4v) is 7.17. The number of hydrogen-bond acceptors (Lipinski definition) is 0. The molecule has 0 radical (unpaired) electrons. The van der Waals surface area contributed by atoms with Crippen LogP contribution in [-0.4, -0.2) is 0 Å². The van der Waals surface area contributed by atoms with Crippen molar-refractivity contribution in [1.29, 1.82) is 0 Å². The van der Waals surface area contributed by atoms with Crippen LogP contribution in [0.2, 0.25) is 0 Å². The van der Waals surface area contributed by atoms with E-state index >= 15 is 0 Å². The zero-order chi connectivity index (χ0) is 33.4. The molecule has 0 fully saturated rings. The van der Waals surface area contributed by atoms with Gasteiger partial charge in [-0.3, -0.25) is 0 Å². The Morgan fingerprint density at radius 1 is 0.229 bits per heavy atom. The molecule has 0 heteroatoms. The summed E-state index contributed by atoms with van der Waals surface area (Å²) < 4.78 is 0. The highest BCUT2D eigenvalue weighted by Gasteiger charge is 2.09. The van der Waals surface area contributed by atoms with Gasteiger partial charge in [-0.2, -0.15) is 0 Å². The maximum absolute atomic E-state index is 2.34. The van der Waals surface area contributed by atoms with Gasteiger partial charge in [0.25, 0.3) is 0 Å². The quantitative estimate of drug-likeness (QED) is 0.169. The van der Waals surface area contributed by atoms with Gasteiger partial charge in [0.15, 0.2) is 0 Å². The summed E-state index contributed by atoms with van der Waals surface area (Å²) in [5, 5.41) is 15.5. The molecule has 9 aromatic rings. The molecule has 0 amide bonds. The van der Waals surface area contributed by atoms with Crippen molar-refractivity contribution >= 4 is 64.6 Å². The van der Waals surface area contributed by atoms with Crippen LogP contribution in [-0.2, 0) is 0 Å². The first kappa shape index (κ1) is 31.2. The molecule has 9 rings (SSSR count). The molecule has 234 valence electrons. The molecule has 0 saturated carbocycles. The highest BCUT2D eigenvalue weighted by atomic mass is 14.1. The Hall–Kier alpha value is -5.46. The Balaban J connectivity index is 0.000000880. The summed E-state index contributed by atoms with van der Waals surface area (Å²) in [6.07, 6.45) is 0. The molecule has 0 heterocycles. The predicted molar refractivity (Wildman–Crippen MR) is 215 cm³/mol. The molecule has 0 aromatic heterocycles. The van der Waals surface area contributed by atoms with Gasteiger partial charge in [0.05, 0.1) is 0 Å². The van der Waals surface area contributed by atoms with Crippen LogP contribution in [0.1, 0.15) is 38.8 Å².